The Morgan fingerprint density at radius 2 is 0.975 bits per heavy atom. The topological polar surface area (TPSA) is 89.0 Å². The lowest BCUT2D eigenvalue weighted by atomic mass is 10.1. The third kappa shape index (κ3) is 16.9. The predicted molar refractivity (Wildman–Crippen MR) is 166 cm³/mol. The van der Waals surface area contributed by atoms with E-state index in [2.05, 4.69) is 55.5 Å². The number of ether oxygens (including phenoxy) is 4. The van der Waals surface area contributed by atoms with Crippen LogP contribution in [0.1, 0.15) is 95.1 Å². The Hall–Kier alpha value is -2.12. The highest BCUT2D eigenvalue weighted by atomic mass is 16.7. The van der Waals surface area contributed by atoms with Gasteiger partial charge in [0.1, 0.15) is 11.5 Å². The van der Waals surface area contributed by atoms with E-state index in [-0.39, 0.29) is 6.29 Å². The van der Waals surface area contributed by atoms with Gasteiger partial charge in [0.05, 0.1) is 0 Å². The Balaban J connectivity index is 1.73. The number of unbranched alkanes of at least 4 members (excludes halogenated alkanes) is 6. The van der Waals surface area contributed by atoms with Crippen LogP contribution in [0, 0.1) is 0 Å². The molecule has 0 heterocycles. The molecule has 2 rings (SSSR count). The minimum atomic E-state index is -0.302. The fourth-order valence-corrected chi connectivity index (χ4v) is 4.49. The van der Waals surface area contributed by atoms with E-state index < -0.39 is 0 Å². The van der Waals surface area contributed by atoms with Gasteiger partial charge in [-0.05, 0) is 119 Å². The maximum atomic E-state index is 6.29. The highest BCUT2D eigenvalue weighted by molar-refractivity contribution is 5.29. The molecule has 2 aromatic rings. The van der Waals surface area contributed by atoms with Crippen molar-refractivity contribution in [2.75, 3.05) is 39.5 Å². The standard InChI is InChI=1S/C34H56N2O4/c1-2-3-6-15-34(39-32-20-16-30(17-21-32)13-11-28-37-26-9-4-7-24-35)40-33-22-18-31(19-23-33)14-12-29-38-27-10-5-8-25-36/h16-23,34H,2-15,24-29,35-36H2,1H3. The van der Waals surface area contributed by atoms with Crippen LogP contribution < -0.4 is 20.9 Å². The van der Waals surface area contributed by atoms with Crippen molar-refractivity contribution in [3.8, 4) is 11.5 Å². The number of benzene rings is 2. The average molecular weight is 557 g/mol. The van der Waals surface area contributed by atoms with Crippen LogP contribution in [0.2, 0.25) is 0 Å². The SMILES string of the molecule is CCCCCC(Oc1ccc(CCCOCCCCCN)cc1)Oc1ccc(CCCOCCCCCN)cc1. The Bertz CT molecular complexity index is 763. The largest absolute Gasteiger partial charge is 0.455 e. The lowest BCUT2D eigenvalue weighted by Crippen LogP contribution is -2.24. The molecule has 0 unspecified atom stereocenters. The van der Waals surface area contributed by atoms with Crippen molar-refractivity contribution in [2.24, 2.45) is 11.5 Å². The average Bonchev–Trinajstić information content (AvgIpc) is 2.97. The molecular weight excluding hydrogens is 500 g/mol. The summed E-state index contributed by atoms with van der Waals surface area (Å²) in [5.41, 5.74) is 13.7. The fraction of sp³-hybridized carbons (Fsp3) is 0.647. The molecule has 40 heavy (non-hydrogen) atoms. The zero-order valence-corrected chi connectivity index (χ0v) is 25.1. The molecule has 0 aromatic heterocycles. The molecule has 0 fully saturated rings. The van der Waals surface area contributed by atoms with Crippen molar-refractivity contribution >= 4 is 0 Å². The second kappa shape index (κ2) is 23.6. The van der Waals surface area contributed by atoms with Gasteiger partial charge in [0, 0.05) is 32.8 Å². The monoisotopic (exact) mass is 556 g/mol. The molecule has 6 heteroatoms. The summed E-state index contributed by atoms with van der Waals surface area (Å²) >= 11 is 0. The Labute approximate surface area is 244 Å². The summed E-state index contributed by atoms with van der Waals surface area (Å²) in [5, 5.41) is 0. The molecule has 4 N–H and O–H groups in total. The molecule has 0 spiro atoms. The summed E-state index contributed by atoms with van der Waals surface area (Å²) < 4.78 is 24.1. The van der Waals surface area contributed by atoms with Crippen molar-refractivity contribution in [3.05, 3.63) is 59.7 Å². The maximum Gasteiger partial charge on any atom is 0.241 e. The summed E-state index contributed by atoms with van der Waals surface area (Å²) in [6, 6.07) is 16.8. The fourth-order valence-electron chi connectivity index (χ4n) is 4.49. The van der Waals surface area contributed by atoms with E-state index in [1.807, 2.05) is 0 Å². The van der Waals surface area contributed by atoms with Crippen LogP contribution in [0.4, 0.5) is 0 Å². The Morgan fingerprint density at radius 1 is 0.525 bits per heavy atom. The summed E-state index contributed by atoms with van der Waals surface area (Å²) in [4.78, 5) is 0. The quantitative estimate of drug-likeness (QED) is 0.0940. The zero-order valence-electron chi connectivity index (χ0n) is 25.1. The zero-order chi connectivity index (χ0) is 28.5. The minimum Gasteiger partial charge on any atom is -0.455 e. The van der Waals surface area contributed by atoms with Gasteiger partial charge in [0.25, 0.3) is 0 Å². The van der Waals surface area contributed by atoms with Crippen molar-refractivity contribution < 1.29 is 18.9 Å². The van der Waals surface area contributed by atoms with E-state index in [1.165, 1.54) is 24.0 Å². The van der Waals surface area contributed by atoms with Crippen molar-refractivity contribution in [1.29, 1.82) is 0 Å². The van der Waals surface area contributed by atoms with E-state index >= 15 is 0 Å². The number of aryl methyl sites for hydroxylation is 2. The molecule has 0 aliphatic heterocycles. The molecule has 0 bridgehead atoms. The van der Waals surface area contributed by atoms with Crippen LogP contribution in [-0.4, -0.2) is 45.8 Å². The molecule has 0 radical (unpaired) electrons. The van der Waals surface area contributed by atoms with Gasteiger partial charge in [-0.25, -0.2) is 0 Å². The number of hydrogen-bond acceptors (Lipinski definition) is 6. The molecule has 2 aromatic carbocycles. The van der Waals surface area contributed by atoms with Crippen molar-refractivity contribution in [1.82, 2.24) is 0 Å². The summed E-state index contributed by atoms with van der Waals surface area (Å²) in [6.45, 7) is 7.03. The van der Waals surface area contributed by atoms with Gasteiger partial charge in [0.2, 0.25) is 6.29 Å². The van der Waals surface area contributed by atoms with Gasteiger partial charge in [-0.1, -0.05) is 44.0 Å². The molecular formula is C34H56N2O4. The van der Waals surface area contributed by atoms with Crippen LogP contribution in [-0.2, 0) is 22.3 Å². The highest BCUT2D eigenvalue weighted by Gasteiger charge is 2.13. The normalized spacial score (nSPS) is 11.3. The summed E-state index contributed by atoms with van der Waals surface area (Å²) in [6.07, 6.45) is 14.7. The second-order valence-electron chi connectivity index (χ2n) is 10.6. The molecule has 226 valence electrons. The Morgan fingerprint density at radius 3 is 1.40 bits per heavy atom. The first kappa shape index (κ1) is 34.1. The van der Waals surface area contributed by atoms with Gasteiger partial charge < -0.3 is 30.4 Å². The van der Waals surface area contributed by atoms with Crippen LogP contribution >= 0.6 is 0 Å². The summed E-state index contributed by atoms with van der Waals surface area (Å²) in [5.74, 6) is 1.70. The molecule has 0 atom stereocenters. The van der Waals surface area contributed by atoms with Crippen molar-refractivity contribution in [2.45, 2.75) is 103 Å². The maximum absolute atomic E-state index is 6.29. The van der Waals surface area contributed by atoms with Crippen LogP contribution in [0.5, 0.6) is 11.5 Å². The number of rotatable bonds is 26. The van der Waals surface area contributed by atoms with Gasteiger partial charge in [-0.3, -0.25) is 0 Å². The first-order chi connectivity index (χ1) is 19.7. The third-order valence-electron chi connectivity index (χ3n) is 6.92. The van der Waals surface area contributed by atoms with Crippen LogP contribution in [0.15, 0.2) is 48.5 Å². The second-order valence-corrected chi connectivity index (χ2v) is 10.6. The third-order valence-corrected chi connectivity index (χ3v) is 6.92. The first-order valence-electron chi connectivity index (χ1n) is 15.8. The van der Waals surface area contributed by atoms with E-state index in [9.17, 15) is 0 Å². The van der Waals surface area contributed by atoms with Crippen molar-refractivity contribution in [3.63, 3.8) is 0 Å². The van der Waals surface area contributed by atoms with Gasteiger partial charge in [0.15, 0.2) is 0 Å². The van der Waals surface area contributed by atoms with Gasteiger partial charge in [-0.15, -0.1) is 0 Å². The lowest BCUT2D eigenvalue weighted by Gasteiger charge is -2.21. The van der Waals surface area contributed by atoms with E-state index in [1.54, 1.807) is 0 Å². The molecule has 0 saturated heterocycles. The number of nitrogens with two attached hydrogens (primary N) is 2. The number of hydrogen-bond donors (Lipinski definition) is 2. The summed E-state index contributed by atoms with van der Waals surface area (Å²) in [7, 11) is 0. The van der Waals surface area contributed by atoms with Gasteiger partial charge >= 0.3 is 0 Å². The lowest BCUT2D eigenvalue weighted by molar-refractivity contribution is -0.00239. The smallest absolute Gasteiger partial charge is 0.241 e. The highest BCUT2D eigenvalue weighted by Crippen LogP contribution is 2.21. The molecule has 0 aliphatic rings. The predicted octanol–water partition coefficient (Wildman–Crippen LogP) is 7.21. The molecule has 0 saturated carbocycles. The van der Waals surface area contributed by atoms with Crippen LogP contribution in [0.3, 0.4) is 0 Å². The molecule has 6 nitrogen and oxygen atoms in total. The van der Waals surface area contributed by atoms with Crippen LogP contribution in [0.25, 0.3) is 0 Å². The van der Waals surface area contributed by atoms with Gasteiger partial charge in [-0.2, -0.15) is 0 Å². The Kier molecular flexibility index (Phi) is 20.1. The molecule has 0 aliphatic carbocycles. The van der Waals surface area contributed by atoms with E-state index in [0.29, 0.717) is 0 Å². The van der Waals surface area contributed by atoms with E-state index in [4.69, 9.17) is 30.4 Å². The van der Waals surface area contributed by atoms with E-state index in [0.717, 1.165) is 128 Å². The molecule has 0 amide bonds. The first-order valence-corrected chi connectivity index (χ1v) is 15.8. The minimum absolute atomic E-state index is 0.302.